The van der Waals surface area contributed by atoms with Crippen LogP contribution in [0.1, 0.15) is 40.1 Å². The number of benzene rings is 2. The van der Waals surface area contributed by atoms with Crippen LogP contribution in [0, 0.1) is 0 Å². The number of hydrogen-bond acceptors (Lipinski definition) is 6. The van der Waals surface area contributed by atoms with E-state index >= 15 is 0 Å². The first-order valence-corrected chi connectivity index (χ1v) is 8.67. The molecular formula is C21H19NO5. The molecule has 6 nitrogen and oxygen atoms in total. The fourth-order valence-corrected chi connectivity index (χ4v) is 2.74. The van der Waals surface area contributed by atoms with Crippen molar-refractivity contribution in [2.45, 2.75) is 20.3 Å². The van der Waals surface area contributed by atoms with Gasteiger partial charge in [-0.2, -0.15) is 0 Å². The highest BCUT2D eigenvalue weighted by atomic mass is 16.5. The zero-order valence-corrected chi connectivity index (χ0v) is 15.1. The van der Waals surface area contributed by atoms with Crippen molar-refractivity contribution in [3.05, 3.63) is 70.9 Å². The Balaban J connectivity index is 1.80. The molecule has 0 fully saturated rings. The van der Waals surface area contributed by atoms with E-state index in [1.165, 1.54) is 6.20 Å². The van der Waals surface area contributed by atoms with Gasteiger partial charge in [0, 0.05) is 11.9 Å². The van der Waals surface area contributed by atoms with E-state index in [2.05, 4.69) is 5.32 Å². The van der Waals surface area contributed by atoms with Gasteiger partial charge in [-0.05, 0) is 49.2 Å². The van der Waals surface area contributed by atoms with Crippen molar-refractivity contribution in [3.8, 4) is 5.75 Å². The van der Waals surface area contributed by atoms with E-state index in [0.29, 0.717) is 35.6 Å². The van der Waals surface area contributed by atoms with Gasteiger partial charge < -0.3 is 14.8 Å². The van der Waals surface area contributed by atoms with Crippen molar-refractivity contribution in [1.82, 2.24) is 0 Å². The summed E-state index contributed by atoms with van der Waals surface area (Å²) in [6.07, 6.45) is 1.99. The Bertz CT molecular complexity index is 928. The molecule has 27 heavy (non-hydrogen) atoms. The van der Waals surface area contributed by atoms with Crippen LogP contribution in [-0.4, -0.2) is 24.3 Å². The summed E-state index contributed by atoms with van der Waals surface area (Å²) < 4.78 is 10.3. The first kappa shape index (κ1) is 18.4. The maximum atomic E-state index is 12.7. The lowest BCUT2D eigenvalue weighted by Crippen LogP contribution is -2.26. The van der Waals surface area contributed by atoms with Crippen LogP contribution in [0.3, 0.4) is 0 Å². The van der Waals surface area contributed by atoms with E-state index in [4.69, 9.17) is 9.47 Å². The first-order valence-electron chi connectivity index (χ1n) is 8.67. The van der Waals surface area contributed by atoms with Gasteiger partial charge >= 0.3 is 11.9 Å². The number of anilines is 1. The fourth-order valence-electron chi connectivity index (χ4n) is 2.74. The molecule has 0 aliphatic carbocycles. The molecule has 0 unspecified atom stereocenters. The minimum atomic E-state index is -0.691. The molecule has 1 heterocycles. The van der Waals surface area contributed by atoms with Gasteiger partial charge in [-0.1, -0.05) is 19.1 Å². The zero-order valence-electron chi connectivity index (χ0n) is 15.1. The number of carbonyl (C=O) groups is 3. The normalized spacial score (nSPS) is 14.5. The molecule has 1 N–H and O–H groups in total. The van der Waals surface area contributed by atoms with Crippen LogP contribution >= 0.6 is 0 Å². The lowest BCUT2D eigenvalue weighted by atomic mass is 9.97. The van der Waals surface area contributed by atoms with E-state index in [0.717, 1.165) is 5.56 Å². The van der Waals surface area contributed by atoms with Crippen molar-refractivity contribution in [1.29, 1.82) is 0 Å². The number of hydrogen-bond donors (Lipinski definition) is 1. The minimum Gasteiger partial charge on any atom is -0.462 e. The monoisotopic (exact) mass is 365 g/mol. The van der Waals surface area contributed by atoms with Crippen LogP contribution in [0.5, 0.6) is 5.75 Å². The summed E-state index contributed by atoms with van der Waals surface area (Å²) in [6.45, 7) is 3.97. The standard InChI is InChI=1S/C21H19NO5/c1-3-13-6-5-7-16-18(23)17(21(25)27-19(13)16)12-22-15-10-8-14(9-11-15)20(24)26-4-2/h5-12,22H,3-4H2,1-2H3. The maximum Gasteiger partial charge on any atom is 0.349 e. The van der Waals surface area contributed by atoms with Crippen molar-refractivity contribution in [2.24, 2.45) is 0 Å². The van der Waals surface area contributed by atoms with Crippen LogP contribution in [0.4, 0.5) is 5.69 Å². The molecule has 138 valence electrons. The summed E-state index contributed by atoms with van der Waals surface area (Å²) in [7, 11) is 0. The lowest BCUT2D eigenvalue weighted by Gasteiger charge is -2.19. The van der Waals surface area contributed by atoms with E-state index in [1.807, 2.05) is 13.0 Å². The Labute approximate surface area is 156 Å². The molecule has 0 spiro atoms. The van der Waals surface area contributed by atoms with Crippen LogP contribution in [0.2, 0.25) is 0 Å². The predicted molar refractivity (Wildman–Crippen MR) is 99.9 cm³/mol. The Morgan fingerprint density at radius 1 is 1.11 bits per heavy atom. The van der Waals surface area contributed by atoms with Crippen molar-refractivity contribution in [2.75, 3.05) is 11.9 Å². The number of fused-ring (bicyclic) bond motifs is 1. The number of aryl methyl sites for hydroxylation is 1. The molecule has 1 aliphatic heterocycles. The summed E-state index contributed by atoms with van der Waals surface area (Å²) in [5, 5.41) is 2.90. The number of para-hydroxylation sites is 1. The quantitative estimate of drug-likeness (QED) is 0.378. The molecule has 2 aromatic carbocycles. The number of ketones is 1. The summed E-state index contributed by atoms with van der Waals surface area (Å²) in [5.74, 6) is -1.14. The topological polar surface area (TPSA) is 81.7 Å². The van der Waals surface area contributed by atoms with Crippen LogP contribution < -0.4 is 10.1 Å². The molecule has 0 amide bonds. The Hall–Kier alpha value is -3.41. The number of esters is 2. The SMILES string of the molecule is CCOC(=O)c1ccc(NC=C2C(=O)Oc3c(CC)cccc3C2=O)cc1. The first-order chi connectivity index (χ1) is 13.0. The molecule has 3 rings (SSSR count). The number of Topliss-reactive ketones (excluding diaryl/α,β-unsaturated/α-hetero) is 1. The van der Waals surface area contributed by atoms with Gasteiger partial charge in [-0.3, -0.25) is 4.79 Å². The van der Waals surface area contributed by atoms with Crippen LogP contribution in [-0.2, 0) is 16.0 Å². The molecule has 0 atom stereocenters. The summed E-state index contributed by atoms with van der Waals surface area (Å²) >= 11 is 0. The second-order valence-electron chi connectivity index (χ2n) is 5.87. The van der Waals surface area contributed by atoms with Gasteiger partial charge in [0.25, 0.3) is 0 Å². The number of nitrogens with one attached hydrogen (secondary N) is 1. The molecule has 0 radical (unpaired) electrons. The van der Waals surface area contributed by atoms with Crippen molar-refractivity contribution in [3.63, 3.8) is 0 Å². The Morgan fingerprint density at radius 3 is 2.52 bits per heavy atom. The van der Waals surface area contributed by atoms with E-state index in [9.17, 15) is 14.4 Å². The molecule has 0 saturated carbocycles. The third-order valence-corrected chi connectivity index (χ3v) is 4.16. The largest absolute Gasteiger partial charge is 0.462 e. The number of ether oxygens (including phenoxy) is 2. The summed E-state index contributed by atoms with van der Waals surface area (Å²) in [4.78, 5) is 36.6. The fraction of sp³-hybridized carbons (Fsp3) is 0.190. The summed E-state index contributed by atoms with van der Waals surface area (Å²) in [6, 6.07) is 11.8. The van der Waals surface area contributed by atoms with Gasteiger partial charge in [-0.25, -0.2) is 9.59 Å². The number of rotatable bonds is 5. The van der Waals surface area contributed by atoms with Gasteiger partial charge in [0.15, 0.2) is 0 Å². The molecular weight excluding hydrogens is 346 g/mol. The third kappa shape index (κ3) is 3.74. The Morgan fingerprint density at radius 2 is 1.85 bits per heavy atom. The molecule has 6 heteroatoms. The lowest BCUT2D eigenvalue weighted by molar-refractivity contribution is -0.130. The van der Waals surface area contributed by atoms with Gasteiger partial charge in [0.1, 0.15) is 11.3 Å². The van der Waals surface area contributed by atoms with Crippen molar-refractivity contribution < 1.29 is 23.9 Å². The highest BCUT2D eigenvalue weighted by Gasteiger charge is 2.32. The molecule has 0 saturated heterocycles. The minimum absolute atomic E-state index is 0.0785. The third-order valence-electron chi connectivity index (χ3n) is 4.16. The average Bonchev–Trinajstić information content (AvgIpc) is 2.68. The smallest absolute Gasteiger partial charge is 0.349 e. The van der Waals surface area contributed by atoms with Crippen LogP contribution in [0.15, 0.2) is 54.2 Å². The highest BCUT2D eigenvalue weighted by Crippen LogP contribution is 2.31. The molecule has 0 aromatic heterocycles. The van der Waals surface area contributed by atoms with Gasteiger partial charge in [-0.15, -0.1) is 0 Å². The molecule has 0 bridgehead atoms. The summed E-state index contributed by atoms with van der Waals surface area (Å²) in [5.41, 5.74) is 2.15. The van der Waals surface area contributed by atoms with Gasteiger partial charge in [0.05, 0.1) is 17.7 Å². The Kier molecular flexibility index (Phi) is 5.35. The van der Waals surface area contributed by atoms with E-state index in [-0.39, 0.29) is 11.4 Å². The van der Waals surface area contributed by atoms with Crippen molar-refractivity contribution >= 4 is 23.4 Å². The highest BCUT2D eigenvalue weighted by molar-refractivity contribution is 6.28. The second-order valence-corrected chi connectivity index (χ2v) is 5.87. The second kappa shape index (κ2) is 7.86. The number of carbonyl (C=O) groups excluding carboxylic acids is 3. The zero-order chi connectivity index (χ0) is 19.4. The maximum absolute atomic E-state index is 12.7. The molecule has 1 aliphatic rings. The van der Waals surface area contributed by atoms with Crippen LogP contribution in [0.25, 0.3) is 0 Å². The van der Waals surface area contributed by atoms with E-state index < -0.39 is 11.9 Å². The predicted octanol–water partition coefficient (Wildman–Crippen LogP) is 3.52. The van der Waals surface area contributed by atoms with Gasteiger partial charge in [0.2, 0.25) is 5.78 Å². The van der Waals surface area contributed by atoms with E-state index in [1.54, 1.807) is 43.3 Å². The molecule has 2 aromatic rings. The average molecular weight is 365 g/mol.